The Balaban J connectivity index is 2.45. The normalized spacial score (nSPS) is 12.1. The standard InChI is InChI=1S/C10H13ClN2O2S/c11-8-1-3-9(4-2-8)13-10(14)7-16(15)6-5-12/h1-4H,5-7,12H2,(H,13,14). The second-order valence-electron chi connectivity index (χ2n) is 3.13. The first-order chi connectivity index (χ1) is 7.61. The molecule has 0 aromatic heterocycles. The van der Waals surface area contributed by atoms with Crippen LogP contribution in [-0.2, 0) is 15.6 Å². The molecular formula is C10H13ClN2O2S. The van der Waals surface area contributed by atoms with Gasteiger partial charge in [-0.1, -0.05) is 11.6 Å². The molecule has 1 rings (SSSR count). The van der Waals surface area contributed by atoms with Crippen LogP contribution in [0.4, 0.5) is 5.69 Å². The molecule has 0 saturated carbocycles. The zero-order valence-corrected chi connectivity index (χ0v) is 10.2. The van der Waals surface area contributed by atoms with E-state index in [2.05, 4.69) is 5.32 Å². The molecule has 0 saturated heterocycles. The third-order valence-corrected chi connectivity index (χ3v) is 3.29. The minimum atomic E-state index is -1.19. The first kappa shape index (κ1) is 13.2. The quantitative estimate of drug-likeness (QED) is 0.829. The van der Waals surface area contributed by atoms with E-state index in [-0.39, 0.29) is 11.7 Å². The summed E-state index contributed by atoms with van der Waals surface area (Å²) in [5.74, 6) is 0.0301. The Morgan fingerprint density at radius 1 is 1.38 bits per heavy atom. The summed E-state index contributed by atoms with van der Waals surface area (Å²) in [6.45, 7) is 0.320. The number of halogens is 1. The maximum atomic E-state index is 11.4. The van der Waals surface area contributed by atoms with Crippen molar-refractivity contribution in [2.45, 2.75) is 0 Å². The number of amides is 1. The Labute approximate surface area is 102 Å². The SMILES string of the molecule is NCCS(=O)CC(=O)Nc1ccc(Cl)cc1. The molecule has 1 unspecified atom stereocenters. The Hall–Kier alpha value is -0.910. The molecule has 0 bridgehead atoms. The number of hydrogen-bond acceptors (Lipinski definition) is 3. The van der Waals surface area contributed by atoms with Crippen molar-refractivity contribution in [3.63, 3.8) is 0 Å². The predicted molar refractivity (Wildman–Crippen MR) is 67.0 cm³/mol. The van der Waals surface area contributed by atoms with E-state index in [0.717, 1.165) is 0 Å². The highest BCUT2D eigenvalue weighted by Crippen LogP contribution is 2.13. The van der Waals surface area contributed by atoms with Crippen LogP contribution in [0.15, 0.2) is 24.3 Å². The molecule has 0 aliphatic heterocycles. The second-order valence-corrected chi connectivity index (χ2v) is 5.15. The zero-order chi connectivity index (χ0) is 12.0. The Bertz CT molecular complexity index is 381. The van der Waals surface area contributed by atoms with Gasteiger partial charge < -0.3 is 11.1 Å². The fourth-order valence-corrected chi connectivity index (χ4v) is 1.98. The Morgan fingerprint density at radius 3 is 2.56 bits per heavy atom. The lowest BCUT2D eigenvalue weighted by Gasteiger charge is -2.04. The summed E-state index contributed by atoms with van der Waals surface area (Å²) < 4.78 is 11.2. The Morgan fingerprint density at radius 2 is 2.00 bits per heavy atom. The van der Waals surface area contributed by atoms with Gasteiger partial charge in [0, 0.05) is 33.8 Å². The molecule has 0 spiro atoms. The summed E-state index contributed by atoms with van der Waals surface area (Å²) in [6, 6.07) is 6.72. The molecule has 6 heteroatoms. The van der Waals surface area contributed by atoms with Crippen molar-refractivity contribution < 1.29 is 9.00 Å². The van der Waals surface area contributed by atoms with Gasteiger partial charge >= 0.3 is 0 Å². The number of anilines is 1. The van der Waals surface area contributed by atoms with Crippen molar-refractivity contribution in [1.29, 1.82) is 0 Å². The lowest BCUT2D eigenvalue weighted by molar-refractivity contribution is -0.113. The number of hydrogen-bond donors (Lipinski definition) is 2. The van der Waals surface area contributed by atoms with Gasteiger partial charge in [0.15, 0.2) is 0 Å². The molecule has 0 aliphatic rings. The van der Waals surface area contributed by atoms with Gasteiger partial charge in [-0.05, 0) is 24.3 Å². The molecule has 1 aromatic carbocycles. The van der Waals surface area contributed by atoms with Crippen LogP contribution >= 0.6 is 11.6 Å². The second kappa shape index (κ2) is 6.62. The minimum absolute atomic E-state index is 0.0279. The first-order valence-electron chi connectivity index (χ1n) is 4.72. The summed E-state index contributed by atoms with van der Waals surface area (Å²) in [7, 11) is -1.19. The van der Waals surface area contributed by atoms with Crippen molar-refractivity contribution in [3.8, 4) is 0 Å². The summed E-state index contributed by atoms with van der Waals surface area (Å²) in [5, 5.41) is 3.23. The monoisotopic (exact) mass is 260 g/mol. The molecule has 4 nitrogen and oxygen atoms in total. The van der Waals surface area contributed by atoms with Crippen LogP contribution in [0, 0.1) is 0 Å². The molecule has 16 heavy (non-hydrogen) atoms. The fourth-order valence-electron chi connectivity index (χ4n) is 1.08. The highest BCUT2D eigenvalue weighted by atomic mass is 35.5. The van der Waals surface area contributed by atoms with Crippen LogP contribution < -0.4 is 11.1 Å². The number of rotatable bonds is 5. The number of nitrogens with two attached hydrogens (primary N) is 1. The average molecular weight is 261 g/mol. The smallest absolute Gasteiger partial charge is 0.236 e. The van der Waals surface area contributed by atoms with Gasteiger partial charge in [0.1, 0.15) is 5.75 Å². The summed E-state index contributed by atoms with van der Waals surface area (Å²) >= 11 is 5.70. The summed E-state index contributed by atoms with van der Waals surface area (Å²) in [6.07, 6.45) is 0. The van der Waals surface area contributed by atoms with Crippen molar-refractivity contribution in [1.82, 2.24) is 0 Å². The molecule has 1 amide bonds. The number of nitrogens with one attached hydrogen (secondary N) is 1. The van der Waals surface area contributed by atoms with Crippen LogP contribution in [-0.4, -0.2) is 28.2 Å². The van der Waals surface area contributed by atoms with E-state index in [0.29, 0.717) is 23.0 Å². The average Bonchev–Trinajstić information content (AvgIpc) is 2.21. The first-order valence-corrected chi connectivity index (χ1v) is 6.59. The van der Waals surface area contributed by atoms with E-state index in [1.807, 2.05) is 0 Å². The third-order valence-electron chi connectivity index (χ3n) is 1.77. The van der Waals surface area contributed by atoms with Gasteiger partial charge in [0.25, 0.3) is 0 Å². The van der Waals surface area contributed by atoms with E-state index in [1.165, 1.54) is 0 Å². The van der Waals surface area contributed by atoms with Crippen LogP contribution in [0.2, 0.25) is 5.02 Å². The minimum Gasteiger partial charge on any atom is -0.330 e. The number of carbonyl (C=O) groups is 1. The number of carbonyl (C=O) groups excluding carboxylic acids is 1. The van der Waals surface area contributed by atoms with Crippen LogP contribution in [0.1, 0.15) is 0 Å². The largest absolute Gasteiger partial charge is 0.330 e. The summed E-state index contributed by atoms with van der Waals surface area (Å²) in [4.78, 5) is 11.4. The van der Waals surface area contributed by atoms with Crippen molar-refractivity contribution in [2.75, 3.05) is 23.4 Å². The topological polar surface area (TPSA) is 72.2 Å². The van der Waals surface area contributed by atoms with E-state index < -0.39 is 10.8 Å². The van der Waals surface area contributed by atoms with Gasteiger partial charge in [0.2, 0.25) is 5.91 Å². The maximum absolute atomic E-state index is 11.4. The highest BCUT2D eigenvalue weighted by Gasteiger charge is 2.07. The summed E-state index contributed by atoms with van der Waals surface area (Å²) in [5.41, 5.74) is 5.87. The van der Waals surface area contributed by atoms with Gasteiger partial charge in [-0.3, -0.25) is 9.00 Å². The molecule has 1 aromatic rings. The van der Waals surface area contributed by atoms with Crippen LogP contribution in [0.25, 0.3) is 0 Å². The Kier molecular flexibility index (Phi) is 5.45. The van der Waals surface area contributed by atoms with Gasteiger partial charge in [-0.2, -0.15) is 0 Å². The van der Waals surface area contributed by atoms with E-state index in [1.54, 1.807) is 24.3 Å². The van der Waals surface area contributed by atoms with E-state index in [4.69, 9.17) is 17.3 Å². The van der Waals surface area contributed by atoms with Gasteiger partial charge in [-0.25, -0.2) is 0 Å². The lowest BCUT2D eigenvalue weighted by atomic mass is 10.3. The molecule has 0 heterocycles. The maximum Gasteiger partial charge on any atom is 0.236 e. The van der Waals surface area contributed by atoms with E-state index >= 15 is 0 Å². The molecule has 0 fully saturated rings. The molecule has 88 valence electrons. The van der Waals surface area contributed by atoms with Crippen molar-refractivity contribution in [3.05, 3.63) is 29.3 Å². The predicted octanol–water partition coefficient (Wildman–Crippen LogP) is 0.986. The lowest BCUT2D eigenvalue weighted by Crippen LogP contribution is -2.23. The van der Waals surface area contributed by atoms with Crippen LogP contribution in [0.5, 0.6) is 0 Å². The molecule has 3 N–H and O–H groups in total. The zero-order valence-electron chi connectivity index (χ0n) is 8.61. The number of benzene rings is 1. The van der Waals surface area contributed by atoms with Crippen molar-refractivity contribution in [2.24, 2.45) is 5.73 Å². The van der Waals surface area contributed by atoms with Gasteiger partial charge in [0.05, 0.1) is 0 Å². The molecule has 1 atom stereocenters. The van der Waals surface area contributed by atoms with E-state index in [9.17, 15) is 9.00 Å². The highest BCUT2D eigenvalue weighted by molar-refractivity contribution is 7.85. The molecule has 0 aliphatic carbocycles. The van der Waals surface area contributed by atoms with Crippen molar-refractivity contribution >= 4 is 34.0 Å². The fraction of sp³-hybridized carbons (Fsp3) is 0.300. The van der Waals surface area contributed by atoms with Crippen LogP contribution in [0.3, 0.4) is 0 Å². The van der Waals surface area contributed by atoms with Gasteiger partial charge in [-0.15, -0.1) is 0 Å². The molecular weight excluding hydrogens is 248 g/mol. The third kappa shape index (κ3) is 4.74. The molecule has 0 radical (unpaired) electrons.